The van der Waals surface area contributed by atoms with Gasteiger partial charge >= 0.3 is 0 Å². The van der Waals surface area contributed by atoms with Gasteiger partial charge in [-0.25, -0.2) is 0 Å². The lowest BCUT2D eigenvalue weighted by atomic mass is 9.92. The van der Waals surface area contributed by atoms with Gasteiger partial charge in [0.15, 0.2) is 0 Å². The average Bonchev–Trinajstić information content (AvgIpc) is 2.29. The second kappa shape index (κ2) is 6.21. The summed E-state index contributed by atoms with van der Waals surface area (Å²) in [6.07, 6.45) is 0. The Morgan fingerprint density at radius 3 is 2.28 bits per heavy atom. The van der Waals surface area contributed by atoms with Gasteiger partial charge in [0.2, 0.25) is 0 Å². The Labute approximate surface area is 110 Å². The van der Waals surface area contributed by atoms with E-state index in [-0.39, 0.29) is 5.92 Å². The van der Waals surface area contributed by atoms with Gasteiger partial charge in [-0.15, -0.1) is 0 Å². The first kappa shape index (κ1) is 15.0. The molecular formula is C15H25NO2. The summed E-state index contributed by atoms with van der Waals surface area (Å²) in [4.78, 5) is 2.14. The topological polar surface area (TPSA) is 32.7 Å². The van der Waals surface area contributed by atoms with E-state index in [4.69, 9.17) is 4.74 Å². The SMILES string of the molecule is COc1ccc(CN(C)CC(C)(O)C(C)C)cc1. The van der Waals surface area contributed by atoms with Crippen molar-refractivity contribution in [3.63, 3.8) is 0 Å². The van der Waals surface area contributed by atoms with Gasteiger partial charge in [-0.3, -0.25) is 4.90 Å². The van der Waals surface area contributed by atoms with Crippen LogP contribution in [0.5, 0.6) is 5.75 Å². The van der Waals surface area contributed by atoms with Gasteiger partial charge < -0.3 is 9.84 Å². The number of methoxy groups -OCH3 is 1. The van der Waals surface area contributed by atoms with E-state index in [1.54, 1.807) is 7.11 Å². The smallest absolute Gasteiger partial charge is 0.118 e. The molecular weight excluding hydrogens is 226 g/mol. The molecule has 0 saturated carbocycles. The third-order valence-electron chi connectivity index (χ3n) is 3.45. The Morgan fingerprint density at radius 1 is 1.28 bits per heavy atom. The van der Waals surface area contributed by atoms with E-state index >= 15 is 0 Å². The standard InChI is InChI=1S/C15H25NO2/c1-12(2)15(3,17)11-16(4)10-13-6-8-14(18-5)9-7-13/h6-9,12,17H,10-11H2,1-5H3. The van der Waals surface area contributed by atoms with Crippen molar-refractivity contribution in [3.05, 3.63) is 29.8 Å². The highest BCUT2D eigenvalue weighted by Crippen LogP contribution is 2.18. The van der Waals surface area contributed by atoms with Crippen molar-refractivity contribution in [3.8, 4) is 5.75 Å². The minimum Gasteiger partial charge on any atom is -0.497 e. The molecule has 1 rings (SSSR count). The lowest BCUT2D eigenvalue weighted by Crippen LogP contribution is -2.42. The fraction of sp³-hybridized carbons (Fsp3) is 0.600. The summed E-state index contributed by atoms with van der Waals surface area (Å²) in [7, 11) is 3.70. The molecule has 3 heteroatoms. The van der Waals surface area contributed by atoms with Crippen LogP contribution >= 0.6 is 0 Å². The third kappa shape index (κ3) is 4.31. The summed E-state index contributed by atoms with van der Waals surface area (Å²) in [5.74, 6) is 1.12. The Bertz CT molecular complexity index is 357. The van der Waals surface area contributed by atoms with Crippen LogP contribution in [0.2, 0.25) is 0 Å². The van der Waals surface area contributed by atoms with E-state index in [1.165, 1.54) is 5.56 Å². The lowest BCUT2D eigenvalue weighted by Gasteiger charge is -2.32. The second-order valence-corrected chi connectivity index (χ2v) is 5.53. The van der Waals surface area contributed by atoms with E-state index in [2.05, 4.69) is 17.0 Å². The van der Waals surface area contributed by atoms with Gasteiger partial charge in [0, 0.05) is 13.1 Å². The van der Waals surface area contributed by atoms with Crippen LogP contribution in [0.3, 0.4) is 0 Å². The maximum atomic E-state index is 10.3. The zero-order valence-electron chi connectivity index (χ0n) is 12.1. The van der Waals surface area contributed by atoms with Gasteiger partial charge in [-0.1, -0.05) is 26.0 Å². The number of hydrogen-bond acceptors (Lipinski definition) is 3. The first-order chi connectivity index (χ1) is 8.35. The predicted octanol–water partition coefficient (Wildman–Crippen LogP) is 2.53. The van der Waals surface area contributed by atoms with E-state index in [9.17, 15) is 5.11 Å². The highest BCUT2D eigenvalue weighted by atomic mass is 16.5. The first-order valence-electron chi connectivity index (χ1n) is 6.39. The van der Waals surface area contributed by atoms with Crippen molar-refractivity contribution in [1.29, 1.82) is 0 Å². The van der Waals surface area contributed by atoms with Crippen LogP contribution in [-0.2, 0) is 6.54 Å². The summed E-state index contributed by atoms with van der Waals surface area (Å²) >= 11 is 0. The van der Waals surface area contributed by atoms with Crippen LogP contribution in [0.1, 0.15) is 26.3 Å². The van der Waals surface area contributed by atoms with Crippen LogP contribution in [0.25, 0.3) is 0 Å². The van der Waals surface area contributed by atoms with E-state index in [0.717, 1.165) is 12.3 Å². The first-order valence-corrected chi connectivity index (χ1v) is 6.39. The Balaban J connectivity index is 2.56. The molecule has 0 bridgehead atoms. The second-order valence-electron chi connectivity index (χ2n) is 5.53. The molecule has 0 aliphatic carbocycles. The molecule has 1 unspecified atom stereocenters. The molecule has 1 N–H and O–H groups in total. The average molecular weight is 251 g/mol. The number of nitrogens with zero attached hydrogens (tertiary/aromatic N) is 1. The normalized spacial score (nSPS) is 14.9. The van der Waals surface area contributed by atoms with Gasteiger partial charge in [0.1, 0.15) is 5.75 Å². The largest absolute Gasteiger partial charge is 0.497 e. The van der Waals surface area contributed by atoms with Crippen molar-refractivity contribution in [2.24, 2.45) is 5.92 Å². The highest BCUT2D eigenvalue weighted by Gasteiger charge is 2.26. The summed E-state index contributed by atoms with van der Waals surface area (Å²) in [6, 6.07) is 8.03. The highest BCUT2D eigenvalue weighted by molar-refractivity contribution is 5.27. The van der Waals surface area contributed by atoms with Crippen LogP contribution in [-0.4, -0.2) is 36.3 Å². The van der Waals surface area contributed by atoms with Gasteiger partial charge in [-0.05, 0) is 37.6 Å². The number of ether oxygens (including phenoxy) is 1. The number of rotatable bonds is 6. The molecule has 1 atom stereocenters. The van der Waals surface area contributed by atoms with E-state index in [0.29, 0.717) is 6.54 Å². The summed E-state index contributed by atoms with van der Waals surface area (Å²) in [5.41, 5.74) is 0.569. The molecule has 0 fully saturated rings. The molecule has 102 valence electrons. The van der Waals surface area contributed by atoms with Crippen molar-refractivity contribution in [2.75, 3.05) is 20.7 Å². The lowest BCUT2D eigenvalue weighted by molar-refractivity contribution is -0.0146. The molecule has 1 aromatic carbocycles. The van der Waals surface area contributed by atoms with Crippen molar-refractivity contribution in [2.45, 2.75) is 32.9 Å². The fourth-order valence-corrected chi connectivity index (χ4v) is 1.83. The third-order valence-corrected chi connectivity index (χ3v) is 3.45. The maximum Gasteiger partial charge on any atom is 0.118 e. The summed E-state index contributed by atoms with van der Waals surface area (Å²) in [5, 5.41) is 10.3. The van der Waals surface area contributed by atoms with Gasteiger partial charge in [-0.2, -0.15) is 0 Å². The summed E-state index contributed by atoms with van der Waals surface area (Å²) in [6.45, 7) is 7.47. The van der Waals surface area contributed by atoms with Crippen molar-refractivity contribution < 1.29 is 9.84 Å². The number of hydrogen-bond donors (Lipinski definition) is 1. The van der Waals surface area contributed by atoms with Gasteiger partial charge in [0.05, 0.1) is 12.7 Å². The summed E-state index contributed by atoms with van der Waals surface area (Å²) < 4.78 is 5.13. The predicted molar refractivity (Wildman–Crippen MR) is 74.8 cm³/mol. The molecule has 0 spiro atoms. The zero-order chi connectivity index (χ0) is 13.8. The molecule has 0 aromatic heterocycles. The molecule has 0 aliphatic rings. The Hall–Kier alpha value is -1.06. The zero-order valence-corrected chi connectivity index (χ0v) is 12.1. The van der Waals surface area contributed by atoms with Crippen molar-refractivity contribution in [1.82, 2.24) is 4.90 Å². The molecule has 0 aliphatic heterocycles. The van der Waals surface area contributed by atoms with Crippen LogP contribution in [0.4, 0.5) is 0 Å². The van der Waals surface area contributed by atoms with Crippen molar-refractivity contribution >= 4 is 0 Å². The van der Waals surface area contributed by atoms with E-state index in [1.807, 2.05) is 40.0 Å². The molecule has 0 heterocycles. The molecule has 3 nitrogen and oxygen atoms in total. The fourth-order valence-electron chi connectivity index (χ4n) is 1.83. The Morgan fingerprint density at radius 2 is 1.83 bits per heavy atom. The molecule has 18 heavy (non-hydrogen) atoms. The molecule has 0 radical (unpaired) electrons. The quantitative estimate of drug-likeness (QED) is 0.843. The van der Waals surface area contributed by atoms with Crippen LogP contribution in [0.15, 0.2) is 24.3 Å². The van der Waals surface area contributed by atoms with Gasteiger partial charge in [0.25, 0.3) is 0 Å². The number of benzene rings is 1. The minimum atomic E-state index is -0.652. The number of likely N-dealkylation sites (N-methyl/N-ethyl adjacent to an activating group) is 1. The monoisotopic (exact) mass is 251 g/mol. The van der Waals surface area contributed by atoms with Crippen LogP contribution < -0.4 is 4.74 Å². The van der Waals surface area contributed by atoms with E-state index < -0.39 is 5.60 Å². The molecule has 0 saturated heterocycles. The number of aliphatic hydroxyl groups is 1. The maximum absolute atomic E-state index is 10.3. The molecule has 1 aromatic rings. The van der Waals surface area contributed by atoms with Crippen LogP contribution in [0, 0.1) is 5.92 Å². The Kier molecular flexibility index (Phi) is 5.17. The minimum absolute atomic E-state index is 0.246. The molecule has 0 amide bonds.